The first kappa shape index (κ1) is 21.7. The highest BCUT2D eigenvalue weighted by atomic mass is 35.5. The minimum atomic E-state index is -0.453. The van der Waals surface area contributed by atoms with E-state index in [1.165, 1.54) is 5.56 Å². The smallest absolute Gasteiger partial charge is 0.307 e. The molecule has 5 nitrogen and oxygen atoms in total. The number of hydrazone groups is 1. The Kier molecular flexibility index (Phi) is 6.02. The maximum absolute atomic E-state index is 12.6. The maximum atomic E-state index is 12.6. The number of carbonyl (C=O) groups excluding carboxylic acids is 1. The quantitative estimate of drug-likeness (QED) is 0.218. The molecule has 0 fully saturated rings. The zero-order valence-electron chi connectivity index (χ0n) is 18.4. The van der Waals surface area contributed by atoms with Crippen molar-refractivity contribution in [2.45, 2.75) is 13.5 Å². The number of aryl methyl sites for hydroxylation is 1. The van der Waals surface area contributed by atoms with Crippen LogP contribution in [-0.2, 0) is 6.61 Å². The van der Waals surface area contributed by atoms with Crippen molar-refractivity contribution in [3.05, 3.63) is 112 Å². The minimum Gasteiger partial charge on any atom is -0.488 e. The summed E-state index contributed by atoms with van der Waals surface area (Å²) in [5.74, 6) is 0.379. The minimum absolute atomic E-state index is 0.156. The molecule has 6 heteroatoms. The monoisotopic (exact) mass is 468 g/mol. The average molecular weight is 469 g/mol. The molecule has 0 aliphatic rings. The molecule has 1 heterocycles. The highest BCUT2D eigenvalue weighted by molar-refractivity contribution is 6.31. The van der Waals surface area contributed by atoms with E-state index < -0.39 is 5.91 Å². The predicted octanol–water partition coefficient (Wildman–Crippen LogP) is 6.89. The summed E-state index contributed by atoms with van der Waals surface area (Å²) in [7, 11) is 0. The largest absolute Gasteiger partial charge is 0.488 e. The molecule has 0 bridgehead atoms. The zero-order chi connectivity index (χ0) is 23.5. The van der Waals surface area contributed by atoms with E-state index in [0.29, 0.717) is 23.0 Å². The van der Waals surface area contributed by atoms with Gasteiger partial charge in [-0.25, -0.2) is 5.43 Å². The molecule has 0 atom stereocenters. The van der Waals surface area contributed by atoms with Crippen LogP contribution in [0.4, 0.5) is 0 Å². The molecule has 168 valence electrons. The molecule has 1 N–H and O–H groups in total. The van der Waals surface area contributed by atoms with E-state index in [1.54, 1.807) is 30.5 Å². The van der Waals surface area contributed by atoms with Gasteiger partial charge in [-0.15, -0.1) is 0 Å². The standard InChI is InChI=1S/C28H21ClN2O3/c1-18-6-8-19(9-7-18)17-33-26-12-10-20-4-2-3-5-23(20)24(26)16-30-31-28(32)27-15-21-14-22(29)11-13-25(21)34-27/h2-16H,17H2,1H3,(H,31,32)/b30-16+. The Morgan fingerprint density at radius 1 is 1.00 bits per heavy atom. The van der Waals surface area contributed by atoms with Crippen molar-refractivity contribution in [2.75, 3.05) is 0 Å². The van der Waals surface area contributed by atoms with E-state index in [9.17, 15) is 4.79 Å². The van der Waals surface area contributed by atoms with Crippen molar-refractivity contribution < 1.29 is 13.9 Å². The van der Waals surface area contributed by atoms with Gasteiger partial charge in [0.25, 0.3) is 0 Å². The predicted molar refractivity (Wildman–Crippen MR) is 136 cm³/mol. The molecular formula is C28H21ClN2O3. The van der Waals surface area contributed by atoms with Crippen molar-refractivity contribution in [1.82, 2.24) is 5.43 Å². The molecule has 0 spiro atoms. The first-order valence-electron chi connectivity index (χ1n) is 10.8. The van der Waals surface area contributed by atoms with Crippen LogP contribution in [0.3, 0.4) is 0 Å². The van der Waals surface area contributed by atoms with E-state index in [2.05, 4.69) is 29.6 Å². The van der Waals surface area contributed by atoms with Gasteiger partial charge in [-0.2, -0.15) is 5.10 Å². The van der Waals surface area contributed by atoms with Gasteiger partial charge in [0.15, 0.2) is 5.76 Å². The van der Waals surface area contributed by atoms with Gasteiger partial charge < -0.3 is 9.15 Å². The van der Waals surface area contributed by atoms with Crippen LogP contribution in [-0.4, -0.2) is 12.1 Å². The normalized spacial score (nSPS) is 11.4. The summed E-state index contributed by atoms with van der Waals surface area (Å²) in [6, 6.07) is 26.9. The molecule has 0 aliphatic carbocycles. The Morgan fingerprint density at radius 2 is 1.82 bits per heavy atom. The molecule has 0 saturated heterocycles. The number of fused-ring (bicyclic) bond motifs is 2. The summed E-state index contributed by atoms with van der Waals surface area (Å²) in [4.78, 5) is 12.6. The lowest BCUT2D eigenvalue weighted by Crippen LogP contribution is -2.16. The van der Waals surface area contributed by atoms with E-state index in [0.717, 1.165) is 27.3 Å². The lowest BCUT2D eigenvalue weighted by molar-refractivity contribution is 0.0929. The van der Waals surface area contributed by atoms with Gasteiger partial charge in [-0.05, 0) is 53.6 Å². The van der Waals surface area contributed by atoms with E-state index >= 15 is 0 Å². The number of benzene rings is 4. The highest BCUT2D eigenvalue weighted by Crippen LogP contribution is 2.28. The summed E-state index contributed by atoms with van der Waals surface area (Å²) >= 11 is 6.02. The van der Waals surface area contributed by atoms with Crippen LogP contribution in [0.15, 0.2) is 94.4 Å². The Labute approximate surface area is 201 Å². The van der Waals surface area contributed by atoms with E-state index in [-0.39, 0.29) is 5.76 Å². The average Bonchev–Trinajstić information content (AvgIpc) is 3.27. The number of ether oxygens (including phenoxy) is 1. The van der Waals surface area contributed by atoms with Crippen molar-refractivity contribution in [3.8, 4) is 5.75 Å². The highest BCUT2D eigenvalue weighted by Gasteiger charge is 2.13. The van der Waals surface area contributed by atoms with Crippen LogP contribution in [0.1, 0.15) is 27.2 Å². The summed E-state index contributed by atoms with van der Waals surface area (Å²) < 4.78 is 11.7. The summed E-state index contributed by atoms with van der Waals surface area (Å²) in [5, 5.41) is 7.54. The summed E-state index contributed by atoms with van der Waals surface area (Å²) in [6.45, 7) is 2.48. The van der Waals surface area contributed by atoms with E-state index in [4.69, 9.17) is 20.8 Å². The van der Waals surface area contributed by atoms with Crippen molar-refractivity contribution >= 4 is 45.5 Å². The van der Waals surface area contributed by atoms with Gasteiger partial charge in [-0.3, -0.25) is 4.79 Å². The second kappa shape index (κ2) is 9.41. The van der Waals surface area contributed by atoms with Gasteiger partial charge >= 0.3 is 5.91 Å². The first-order chi connectivity index (χ1) is 16.6. The third-order valence-corrected chi connectivity index (χ3v) is 5.74. The second-order valence-electron chi connectivity index (χ2n) is 7.96. The molecule has 5 rings (SSSR count). The van der Waals surface area contributed by atoms with Crippen molar-refractivity contribution in [2.24, 2.45) is 5.10 Å². The number of halogens is 1. The number of amides is 1. The fourth-order valence-corrected chi connectivity index (χ4v) is 3.90. The molecule has 1 aromatic heterocycles. The third kappa shape index (κ3) is 4.65. The molecule has 0 unspecified atom stereocenters. The van der Waals surface area contributed by atoms with Crippen molar-refractivity contribution in [3.63, 3.8) is 0 Å². The molecule has 0 saturated carbocycles. The van der Waals surface area contributed by atoms with Gasteiger partial charge in [0.05, 0.1) is 6.21 Å². The second-order valence-corrected chi connectivity index (χ2v) is 8.40. The molecule has 34 heavy (non-hydrogen) atoms. The lowest BCUT2D eigenvalue weighted by atomic mass is 10.0. The Hall–Kier alpha value is -4.09. The topological polar surface area (TPSA) is 63.8 Å². The first-order valence-corrected chi connectivity index (χ1v) is 11.2. The molecule has 0 radical (unpaired) electrons. The number of rotatable bonds is 6. The number of carbonyl (C=O) groups is 1. The fraction of sp³-hybridized carbons (Fsp3) is 0.0714. The SMILES string of the molecule is Cc1ccc(COc2ccc3ccccc3c2/C=N/NC(=O)c2cc3cc(Cl)ccc3o2)cc1. The lowest BCUT2D eigenvalue weighted by Gasteiger charge is -2.12. The molecule has 4 aromatic carbocycles. The summed E-state index contributed by atoms with van der Waals surface area (Å²) in [5.41, 5.74) is 6.17. The van der Waals surface area contributed by atoms with Crippen LogP contribution < -0.4 is 10.2 Å². The Morgan fingerprint density at radius 3 is 2.68 bits per heavy atom. The molecule has 5 aromatic rings. The molecule has 1 amide bonds. The number of nitrogens with one attached hydrogen (secondary N) is 1. The van der Waals surface area contributed by atoms with Crippen molar-refractivity contribution in [1.29, 1.82) is 0 Å². The van der Waals surface area contributed by atoms with Gasteiger partial charge in [-0.1, -0.05) is 71.8 Å². The Balaban J connectivity index is 1.38. The van der Waals surface area contributed by atoms with Gasteiger partial charge in [0.1, 0.15) is 17.9 Å². The third-order valence-electron chi connectivity index (χ3n) is 5.51. The van der Waals surface area contributed by atoms with E-state index in [1.807, 2.05) is 48.5 Å². The molecular weight excluding hydrogens is 448 g/mol. The maximum Gasteiger partial charge on any atom is 0.307 e. The summed E-state index contributed by atoms with van der Waals surface area (Å²) in [6.07, 6.45) is 1.60. The van der Waals surface area contributed by atoms with Crippen LogP contribution in [0.2, 0.25) is 5.02 Å². The number of hydrogen-bond donors (Lipinski definition) is 1. The van der Waals surface area contributed by atoms with Crippen LogP contribution >= 0.6 is 11.6 Å². The number of nitrogens with zero attached hydrogens (tertiary/aromatic N) is 1. The molecule has 0 aliphatic heterocycles. The number of hydrogen-bond acceptors (Lipinski definition) is 4. The fourth-order valence-electron chi connectivity index (χ4n) is 3.72. The van der Waals surface area contributed by atoms with Crippen LogP contribution in [0.5, 0.6) is 5.75 Å². The zero-order valence-corrected chi connectivity index (χ0v) is 19.2. The van der Waals surface area contributed by atoms with Crippen LogP contribution in [0.25, 0.3) is 21.7 Å². The Bertz CT molecular complexity index is 1520. The van der Waals surface area contributed by atoms with Gasteiger partial charge in [0.2, 0.25) is 0 Å². The number of furan rings is 1. The van der Waals surface area contributed by atoms with Crippen LogP contribution in [0, 0.1) is 6.92 Å². The van der Waals surface area contributed by atoms with Gasteiger partial charge in [0, 0.05) is 16.0 Å².